The van der Waals surface area contributed by atoms with Crippen molar-refractivity contribution in [3.05, 3.63) is 23.1 Å². The SMILES string of the molecule is NC(=O)c1cc2sccc2nc1OC1CCC(NC(=O)C2CCC(F)(F)CC2)CC1. The molecule has 6 nitrogen and oxygen atoms in total. The van der Waals surface area contributed by atoms with Gasteiger partial charge in [-0.1, -0.05) is 0 Å². The molecule has 30 heavy (non-hydrogen) atoms. The van der Waals surface area contributed by atoms with Crippen molar-refractivity contribution in [3.8, 4) is 5.88 Å². The minimum Gasteiger partial charge on any atom is -0.474 e. The minimum absolute atomic E-state index is 0.0164. The molecule has 2 amide bonds. The molecular weight excluding hydrogens is 412 g/mol. The molecule has 0 aliphatic heterocycles. The van der Waals surface area contributed by atoms with E-state index in [0.29, 0.717) is 12.8 Å². The largest absolute Gasteiger partial charge is 0.474 e. The average molecular weight is 438 g/mol. The van der Waals surface area contributed by atoms with E-state index < -0.39 is 11.8 Å². The summed E-state index contributed by atoms with van der Waals surface area (Å²) in [5.74, 6) is -3.39. The van der Waals surface area contributed by atoms with Crippen LogP contribution in [0.25, 0.3) is 10.2 Å². The van der Waals surface area contributed by atoms with E-state index in [1.165, 1.54) is 11.3 Å². The molecule has 0 saturated heterocycles. The first-order valence-corrected chi connectivity index (χ1v) is 11.2. The van der Waals surface area contributed by atoms with E-state index in [1.807, 2.05) is 11.4 Å². The fourth-order valence-electron chi connectivity index (χ4n) is 4.25. The van der Waals surface area contributed by atoms with Crippen LogP contribution in [-0.4, -0.2) is 34.9 Å². The summed E-state index contributed by atoms with van der Waals surface area (Å²) >= 11 is 1.48. The van der Waals surface area contributed by atoms with Gasteiger partial charge < -0.3 is 15.8 Å². The number of alkyl halides is 2. The Hall–Kier alpha value is -2.29. The van der Waals surface area contributed by atoms with Crippen molar-refractivity contribution in [2.75, 3.05) is 0 Å². The number of hydrogen-bond donors (Lipinski definition) is 2. The van der Waals surface area contributed by atoms with Crippen LogP contribution >= 0.6 is 11.3 Å². The quantitative estimate of drug-likeness (QED) is 0.739. The molecule has 4 rings (SSSR count). The van der Waals surface area contributed by atoms with Crippen LogP contribution in [-0.2, 0) is 4.79 Å². The first kappa shape index (κ1) is 21.0. The molecule has 2 aliphatic carbocycles. The summed E-state index contributed by atoms with van der Waals surface area (Å²) in [5.41, 5.74) is 6.53. The molecule has 0 bridgehead atoms. The molecule has 0 radical (unpaired) electrons. The molecule has 2 saturated carbocycles. The van der Waals surface area contributed by atoms with E-state index in [9.17, 15) is 18.4 Å². The van der Waals surface area contributed by atoms with E-state index in [0.717, 1.165) is 23.1 Å². The fraction of sp³-hybridized carbons (Fsp3) is 0.571. The van der Waals surface area contributed by atoms with Gasteiger partial charge in [0.2, 0.25) is 17.7 Å². The second-order valence-corrected chi connectivity index (χ2v) is 9.19. The number of rotatable bonds is 5. The number of primary amides is 1. The van der Waals surface area contributed by atoms with Gasteiger partial charge in [-0.05, 0) is 56.0 Å². The van der Waals surface area contributed by atoms with E-state index in [1.54, 1.807) is 6.07 Å². The number of aromatic nitrogens is 1. The Morgan fingerprint density at radius 2 is 1.87 bits per heavy atom. The zero-order valence-electron chi connectivity index (χ0n) is 16.5. The third-order valence-corrected chi connectivity index (χ3v) is 6.91. The predicted octanol–water partition coefficient (Wildman–Crippen LogP) is 4.03. The summed E-state index contributed by atoms with van der Waals surface area (Å²) in [5, 5.41) is 4.92. The van der Waals surface area contributed by atoms with E-state index in [-0.39, 0.29) is 61.1 Å². The summed E-state index contributed by atoms with van der Waals surface area (Å²) in [4.78, 5) is 28.7. The maximum Gasteiger partial charge on any atom is 0.254 e. The minimum atomic E-state index is -2.63. The van der Waals surface area contributed by atoms with Crippen LogP contribution in [0.15, 0.2) is 17.5 Å². The monoisotopic (exact) mass is 437 g/mol. The number of thiophene rings is 1. The highest BCUT2D eigenvalue weighted by molar-refractivity contribution is 7.17. The van der Waals surface area contributed by atoms with Gasteiger partial charge in [0.25, 0.3) is 5.91 Å². The Morgan fingerprint density at radius 3 is 2.53 bits per heavy atom. The topological polar surface area (TPSA) is 94.3 Å². The van der Waals surface area contributed by atoms with Gasteiger partial charge in [0.05, 0.1) is 10.2 Å². The number of nitrogens with zero attached hydrogens (tertiary/aromatic N) is 1. The van der Waals surface area contributed by atoms with Crippen molar-refractivity contribution in [2.24, 2.45) is 11.7 Å². The van der Waals surface area contributed by atoms with Crippen molar-refractivity contribution in [2.45, 2.75) is 69.4 Å². The Morgan fingerprint density at radius 1 is 1.17 bits per heavy atom. The molecule has 2 aliphatic rings. The highest BCUT2D eigenvalue weighted by Gasteiger charge is 2.38. The smallest absolute Gasteiger partial charge is 0.254 e. The lowest BCUT2D eigenvalue weighted by atomic mass is 9.85. The fourth-order valence-corrected chi connectivity index (χ4v) is 5.01. The number of nitrogens with two attached hydrogens (primary N) is 1. The maximum absolute atomic E-state index is 13.3. The zero-order valence-corrected chi connectivity index (χ0v) is 17.4. The number of pyridine rings is 1. The number of halogens is 2. The summed E-state index contributed by atoms with van der Waals surface area (Å²) in [7, 11) is 0. The van der Waals surface area contributed by atoms with Crippen molar-refractivity contribution in [3.63, 3.8) is 0 Å². The van der Waals surface area contributed by atoms with Gasteiger partial charge in [-0.15, -0.1) is 11.3 Å². The molecular formula is C21H25F2N3O3S. The standard InChI is InChI=1S/C21H25F2N3O3S/c22-21(23)8-5-12(6-9-21)19(28)25-13-1-3-14(4-2-13)29-20-15(18(24)27)11-17-16(26-20)7-10-30-17/h7,10-14H,1-6,8-9H2,(H2,24,27)(H,25,28). The van der Waals surface area contributed by atoms with Gasteiger partial charge in [-0.25, -0.2) is 13.8 Å². The molecule has 0 unspecified atom stereocenters. The van der Waals surface area contributed by atoms with Crippen LogP contribution in [0, 0.1) is 5.92 Å². The molecule has 2 heterocycles. The van der Waals surface area contributed by atoms with E-state index in [2.05, 4.69) is 10.3 Å². The predicted molar refractivity (Wildman–Crippen MR) is 110 cm³/mol. The van der Waals surface area contributed by atoms with E-state index in [4.69, 9.17) is 10.5 Å². The summed E-state index contributed by atoms with van der Waals surface area (Å²) < 4.78 is 33.5. The first-order chi connectivity index (χ1) is 14.3. The summed E-state index contributed by atoms with van der Waals surface area (Å²) in [6.45, 7) is 0. The van der Waals surface area contributed by atoms with Crippen LogP contribution in [0.2, 0.25) is 0 Å². The normalized spacial score (nSPS) is 24.5. The molecule has 2 aromatic rings. The molecule has 0 aromatic carbocycles. The highest BCUT2D eigenvalue weighted by atomic mass is 32.1. The van der Waals surface area contributed by atoms with Crippen LogP contribution in [0.1, 0.15) is 61.7 Å². The zero-order chi connectivity index (χ0) is 21.3. The molecule has 9 heteroatoms. The van der Waals surface area contributed by atoms with Gasteiger partial charge in [0, 0.05) is 24.8 Å². The van der Waals surface area contributed by atoms with Gasteiger partial charge in [-0.2, -0.15) is 0 Å². The third kappa shape index (κ3) is 4.71. The Labute approximate surface area is 177 Å². The van der Waals surface area contributed by atoms with Gasteiger partial charge in [0.1, 0.15) is 11.7 Å². The van der Waals surface area contributed by atoms with Crippen LogP contribution in [0.4, 0.5) is 8.78 Å². The van der Waals surface area contributed by atoms with E-state index >= 15 is 0 Å². The summed E-state index contributed by atoms with van der Waals surface area (Å²) in [6.07, 6.45) is 2.80. The number of ether oxygens (including phenoxy) is 1. The Kier molecular flexibility index (Phi) is 5.90. The van der Waals surface area contributed by atoms with Crippen molar-refractivity contribution in [1.82, 2.24) is 10.3 Å². The lowest BCUT2D eigenvalue weighted by molar-refractivity contribution is -0.130. The number of amides is 2. The molecule has 3 N–H and O–H groups in total. The molecule has 2 fully saturated rings. The second kappa shape index (κ2) is 8.45. The lowest BCUT2D eigenvalue weighted by Gasteiger charge is -2.32. The first-order valence-electron chi connectivity index (χ1n) is 10.3. The third-order valence-electron chi connectivity index (χ3n) is 6.05. The van der Waals surface area contributed by atoms with Gasteiger partial charge in [-0.3, -0.25) is 9.59 Å². The van der Waals surface area contributed by atoms with Gasteiger partial charge >= 0.3 is 0 Å². The molecule has 0 spiro atoms. The highest BCUT2D eigenvalue weighted by Crippen LogP contribution is 2.36. The lowest BCUT2D eigenvalue weighted by Crippen LogP contribution is -2.44. The number of carbonyl (C=O) groups excluding carboxylic acids is 2. The van der Waals surface area contributed by atoms with Crippen LogP contribution in [0.3, 0.4) is 0 Å². The molecule has 162 valence electrons. The maximum atomic E-state index is 13.3. The number of nitrogens with one attached hydrogen (secondary N) is 1. The Bertz CT molecular complexity index is 931. The van der Waals surface area contributed by atoms with Crippen molar-refractivity contribution < 1.29 is 23.1 Å². The number of carbonyl (C=O) groups is 2. The Balaban J connectivity index is 1.31. The molecule has 0 atom stereocenters. The van der Waals surface area contributed by atoms with Gasteiger partial charge in [0.15, 0.2) is 0 Å². The van der Waals surface area contributed by atoms with Crippen LogP contribution in [0.5, 0.6) is 5.88 Å². The average Bonchev–Trinajstić information content (AvgIpc) is 3.16. The number of fused-ring (bicyclic) bond motifs is 1. The van der Waals surface area contributed by atoms with Crippen molar-refractivity contribution >= 4 is 33.4 Å². The number of hydrogen-bond acceptors (Lipinski definition) is 5. The second-order valence-electron chi connectivity index (χ2n) is 8.24. The summed E-state index contributed by atoms with van der Waals surface area (Å²) in [6, 6.07) is 3.60. The molecule has 2 aromatic heterocycles. The van der Waals surface area contributed by atoms with Crippen LogP contribution < -0.4 is 15.8 Å². The van der Waals surface area contributed by atoms with Crippen molar-refractivity contribution in [1.29, 1.82) is 0 Å².